The number of benzene rings is 2. The van der Waals surface area contributed by atoms with Crippen molar-refractivity contribution in [2.24, 2.45) is 0 Å². The summed E-state index contributed by atoms with van der Waals surface area (Å²) in [5.74, 6) is -0.932. The Balaban J connectivity index is 1.90. The lowest BCUT2D eigenvalue weighted by Gasteiger charge is -2.07. The topological polar surface area (TPSA) is 116 Å². The van der Waals surface area contributed by atoms with Crippen LogP contribution in [0.3, 0.4) is 0 Å². The molecule has 27 heavy (non-hydrogen) atoms. The third-order valence-electron chi connectivity index (χ3n) is 4.01. The predicted molar refractivity (Wildman–Crippen MR) is 97.4 cm³/mol. The molecule has 0 aliphatic rings. The molecule has 0 aliphatic heterocycles. The highest BCUT2D eigenvalue weighted by Gasteiger charge is 2.36. The quantitative estimate of drug-likeness (QED) is 0.471. The zero-order valence-corrected chi connectivity index (χ0v) is 15.5. The van der Waals surface area contributed by atoms with Gasteiger partial charge in [0, 0.05) is 10.5 Å². The summed E-state index contributed by atoms with van der Waals surface area (Å²) in [5.41, 5.74) is 2.49. The van der Waals surface area contributed by atoms with Crippen LogP contribution in [0.4, 0.5) is 0 Å². The van der Waals surface area contributed by atoms with Gasteiger partial charge in [0.15, 0.2) is 9.84 Å². The highest BCUT2D eigenvalue weighted by Crippen LogP contribution is 2.24. The standard InChI is InChI=1S/C18H17N3O5S/c1-12-6-8-15(9-7-12)27(24,25)11-16(21(22)23)18-19-17(20-26-18)14-5-3-4-13(2)10-14/h3-10,16H,11H2,1-2H3. The zero-order valence-electron chi connectivity index (χ0n) is 14.7. The van der Waals surface area contributed by atoms with Crippen LogP contribution in [0.5, 0.6) is 0 Å². The fourth-order valence-corrected chi connectivity index (χ4v) is 3.97. The summed E-state index contributed by atoms with van der Waals surface area (Å²) in [6.45, 7) is 3.71. The van der Waals surface area contributed by atoms with E-state index in [4.69, 9.17) is 4.52 Å². The van der Waals surface area contributed by atoms with Crippen molar-refractivity contribution in [2.75, 3.05) is 5.75 Å². The van der Waals surface area contributed by atoms with Crippen LogP contribution >= 0.6 is 0 Å². The van der Waals surface area contributed by atoms with Crippen LogP contribution < -0.4 is 0 Å². The lowest BCUT2D eigenvalue weighted by Crippen LogP contribution is -2.22. The van der Waals surface area contributed by atoms with E-state index in [1.807, 2.05) is 19.9 Å². The normalized spacial score (nSPS) is 12.7. The third kappa shape index (κ3) is 4.20. The molecule has 9 heteroatoms. The Bertz CT molecular complexity index is 1070. The summed E-state index contributed by atoms with van der Waals surface area (Å²) in [7, 11) is -3.90. The zero-order chi connectivity index (χ0) is 19.6. The van der Waals surface area contributed by atoms with Crippen LogP contribution in [0.15, 0.2) is 57.9 Å². The van der Waals surface area contributed by atoms with Gasteiger partial charge in [0.05, 0.1) is 4.90 Å². The van der Waals surface area contributed by atoms with E-state index >= 15 is 0 Å². The van der Waals surface area contributed by atoms with Crippen molar-refractivity contribution in [2.45, 2.75) is 24.8 Å². The molecule has 0 bridgehead atoms. The van der Waals surface area contributed by atoms with Crippen molar-refractivity contribution in [3.63, 3.8) is 0 Å². The Kier molecular flexibility index (Phi) is 5.04. The van der Waals surface area contributed by atoms with Gasteiger partial charge in [-0.05, 0) is 32.0 Å². The van der Waals surface area contributed by atoms with E-state index in [2.05, 4.69) is 10.1 Å². The lowest BCUT2D eigenvalue weighted by molar-refractivity contribution is -0.526. The van der Waals surface area contributed by atoms with Crippen molar-refractivity contribution in [1.82, 2.24) is 10.1 Å². The Morgan fingerprint density at radius 3 is 2.44 bits per heavy atom. The number of sulfone groups is 1. The summed E-state index contributed by atoms with van der Waals surface area (Å²) < 4.78 is 30.1. The SMILES string of the molecule is Cc1ccc(S(=O)(=O)CC(c2nc(-c3cccc(C)c3)no2)[N+](=O)[O-])cc1. The molecule has 0 radical (unpaired) electrons. The van der Waals surface area contributed by atoms with Crippen LogP contribution in [-0.2, 0) is 9.84 Å². The van der Waals surface area contributed by atoms with E-state index in [1.54, 1.807) is 30.3 Å². The van der Waals surface area contributed by atoms with Gasteiger partial charge in [-0.15, -0.1) is 0 Å². The predicted octanol–water partition coefficient (Wildman–Crippen LogP) is 3.15. The number of aromatic nitrogens is 2. The Morgan fingerprint density at radius 1 is 1.11 bits per heavy atom. The molecule has 0 fully saturated rings. The fourth-order valence-electron chi connectivity index (χ4n) is 2.54. The number of hydrogen-bond acceptors (Lipinski definition) is 7. The monoisotopic (exact) mass is 387 g/mol. The minimum absolute atomic E-state index is 0.0124. The molecule has 3 aromatic rings. The van der Waals surface area contributed by atoms with Crippen molar-refractivity contribution in [1.29, 1.82) is 0 Å². The summed E-state index contributed by atoms with van der Waals surface area (Å²) in [5, 5.41) is 15.2. The van der Waals surface area contributed by atoms with Crippen molar-refractivity contribution < 1.29 is 17.9 Å². The maximum Gasteiger partial charge on any atom is 0.304 e. The Hall–Kier alpha value is -3.07. The molecule has 1 unspecified atom stereocenters. The van der Waals surface area contributed by atoms with Gasteiger partial charge in [-0.3, -0.25) is 10.1 Å². The molecule has 0 spiro atoms. The van der Waals surface area contributed by atoms with Gasteiger partial charge < -0.3 is 4.52 Å². The van der Waals surface area contributed by atoms with Gasteiger partial charge >= 0.3 is 11.9 Å². The van der Waals surface area contributed by atoms with Crippen LogP contribution in [-0.4, -0.2) is 29.2 Å². The minimum atomic E-state index is -3.90. The van der Waals surface area contributed by atoms with E-state index in [0.29, 0.717) is 5.56 Å². The third-order valence-corrected chi connectivity index (χ3v) is 5.76. The molecule has 1 atom stereocenters. The van der Waals surface area contributed by atoms with Gasteiger partial charge in [-0.1, -0.05) is 46.6 Å². The second kappa shape index (κ2) is 7.28. The number of rotatable bonds is 6. The first-order chi connectivity index (χ1) is 12.8. The first-order valence-corrected chi connectivity index (χ1v) is 9.75. The van der Waals surface area contributed by atoms with Crippen molar-refractivity contribution in [3.8, 4) is 11.4 Å². The van der Waals surface area contributed by atoms with E-state index in [0.717, 1.165) is 11.1 Å². The highest BCUT2D eigenvalue weighted by atomic mass is 32.2. The molecule has 3 rings (SSSR count). The molecule has 0 aliphatic carbocycles. The minimum Gasteiger partial charge on any atom is -0.331 e. The van der Waals surface area contributed by atoms with Crippen LogP contribution in [0.25, 0.3) is 11.4 Å². The second-order valence-corrected chi connectivity index (χ2v) is 8.26. The van der Waals surface area contributed by atoms with Crippen molar-refractivity contribution >= 4 is 9.84 Å². The van der Waals surface area contributed by atoms with Crippen LogP contribution in [0, 0.1) is 24.0 Å². The second-order valence-electron chi connectivity index (χ2n) is 6.22. The molecule has 8 nitrogen and oxygen atoms in total. The van der Waals surface area contributed by atoms with E-state index < -0.39 is 26.6 Å². The number of aryl methyl sites for hydroxylation is 2. The average Bonchev–Trinajstić information content (AvgIpc) is 3.10. The maximum atomic E-state index is 12.6. The van der Waals surface area contributed by atoms with Gasteiger partial charge in [-0.25, -0.2) is 8.42 Å². The summed E-state index contributed by atoms with van der Waals surface area (Å²) >= 11 is 0. The molecule has 0 N–H and O–H groups in total. The van der Waals surface area contributed by atoms with Crippen molar-refractivity contribution in [3.05, 3.63) is 75.7 Å². The Morgan fingerprint density at radius 2 is 1.81 bits per heavy atom. The summed E-state index contributed by atoms with van der Waals surface area (Å²) in [6, 6.07) is 11.7. The smallest absolute Gasteiger partial charge is 0.304 e. The molecule has 1 aromatic heterocycles. The number of nitro groups is 1. The summed E-state index contributed by atoms with van der Waals surface area (Å²) in [6.07, 6.45) is 0. The van der Waals surface area contributed by atoms with Gasteiger partial charge in [-0.2, -0.15) is 4.98 Å². The lowest BCUT2D eigenvalue weighted by atomic mass is 10.1. The van der Waals surface area contributed by atoms with E-state index in [-0.39, 0.29) is 16.6 Å². The fraction of sp³-hybridized carbons (Fsp3) is 0.222. The first kappa shape index (κ1) is 18.7. The van der Waals surface area contributed by atoms with Crippen LogP contribution in [0.1, 0.15) is 23.1 Å². The average molecular weight is 387 g/mol. The van der Waals surface area contributed by atoms with E-state index in [1.165, 1.54) is 12.1 Å². The molecule has 1 heterocycles. The van der Waals surface area contributed by atoms with E-state index in [9.17, 15) is 18.5 Å². The number of nitrogens with zero attached hydrogens (tertiary/aromatic N) is 3. The summed E-state index contributed by atoms with van der Waals surface area (Å²) in [4.78, 5) is 14.8. The number of hydrogen-bond donors (Lipinski definition) is 0. The molecular weight excluding hydrogens is 370 g/mol. The largest absolute Gasteiger partial charge is 0.331 e. The van der Waals surface area contributed by atoms with Gasteiger partial charge in [0.2, 0.25) is 5.82 Å². The molecular formula is C18H17N3O5S. The molecule has 0 amide bonds. The van der Waals surface area contributed by atoms with Gasteiger partial charge in [0.1, 0.15) is 5.75 Å². The highest BCUT2D eigenvalue weighted by molar-refractivity contribution is 7.91. The molecule has 0 saturated carbocycles. The first-order valence-electron chi connectivity index (χ1n) is 8.10. The molecule has 2 aromatic carbocycles. The molecule has 0 saturated heterocycles. The Labute approximate surface area is 155 Å². The molecule has 140 valence electrons. The maximum absolute atomic E-state index is 12.6. The van der Waals surface area contributed by atoms with Gasteiger partial charge in [0.25, 0.3) is 0 Å². The van der Waals surface area contributed by atoms with Crippen LogP contribution in [0.2, 0.25) is 0 Å².